The SMILES string of the molecule is Clc1cc(Cl)c(CONC(=Cn2cncn2)c2ccccc2Cl)c(Cl)c1. The molecule has 0 aliphatic rings. The average Bonchev–Trinajstić information content (AvgIpc) is 3.10. The molecule has 0 aliphatic carbocycles. The van der Waals surface area contributed by atoms with Crippen LogP contribution in [0.4, 0.5) is 0 Å². The fourth-order valence-electron chi connectivity index (χ4n) is 2.14. The molecule has 3 aromatic rings. The second-order valence-electron chi connectivity index (χ2n) is 5.14. The molecule has 5 nitrogen and oxygen atoms in total. The van der Waals surface area contributed by atoms with Crippen LogP contribution in [0.5, 0.6) is 0 Å². The largest absolute Gasteiger partial charge is 0.271 e. The van der Waals surface area contributed by atoms with Gasteiger partial charge in [-0.3, -0.25) is 10.3 Å². The molecule has 134 valence electrons. The van der Waals surface area contributed by atoms with Gasteiger partial charge in [-0.25, -0.2) is 9.67 Å². The van der Waals surface area contributed by atoms with Gasteiger partial charge in [-0.2, -0.15) is 5.10 Å². The molecule has 0 radical (unpaired) electrons. The lowest BCUT2D eigenvalue weighted by Gasteiger charge is -2.14. The van der Waals surface area contributed by atoms with Crippen LogP contribution in [-0.2, 0) is 11.4 Å². The van der Waals surface area contributed by atoms with Crippen molar-refractivity contribution in [3.8, 4) is 0 Å². The van der Waals surface area contributed by atoms with Gasteiger partial charge in [0.2, 0.25) is 0 Å². The topological polar surface area (TPSA) is 52.0 Å². The predicted octanol–water partition coefficient (Wildman–Crippen LogP) is 5.57. The van der Waals surface area contributed by atoms with Crippen molar-refractivity contribution in [1.29, 1.82) is 0 Å². The van der Waals surface area contributed by atoms with Crippen LogP contribution >= 0.6 is 46.4 Å². The predicted molar refractivity (Wildman–Crippen MR) is 105 cm³/mol. The number of benzene rings is 2. The maximum atomic E-state index is 6.28. The molecule has 2 aromatic carbocycles. The van der Waals surface area contributed by atoms with Crippen molar-refractivity contribution in [2.75, 3.05) is 0 Å². The van der Waals surface area contributed by atoms with E-state index in [1.165, 1.54) is 11.0 Å². The quantitative estimate of drug-likeness (QED) is 0.520. The number of hydrogen-bond donors (Lipinski definition) is 1. The van der Waals surface area contributed by atoms with E-state index in [1.54, 1.807) is 30.7 Å². The first-order valence-electron chi connectivity index (χ1n) is 7.36. The van der Waals surface area contributed by atoms with Crippen LogP contribution in [0.2, 0.25) is 20.1 Å². The van der Waals surface area contributed by atoms with Gasteiger partial charge in [0, 0.05) is 26.2 Å². The highest BCUT2D eigenvalue weighted by atomic mass is 35.5. The Morgan fingerprint density at radius 2 is 1.81 bits per heavy atom. The molecule has 0 aliphatic heterocycles. The second kappa shape index (κ2) is 8.75. The Morgan fingerprint density at radius 1 is 1.08 bits per heavy atom. The lowest BCUT2D eigenvalue weighted by Crippen LogP contribution is -2.14. The van der Waals surface area contributed by atoms with E-state index in [-0.39, 0.29) is 6.61 Å². The van der Waals surface area contributed by atoms with Gasteiger partial charge in [0.15, 0.2) is 0 Å². The lowest BCUT2D eigenvalue weighted by atomic mass is 10.2. The highest BCUT2D eigenvalue weighted by Gasteiger charge is 2.11. The number of aromatic nitrogens is 3. The highest BCUT2D eigenvalue weighted by Crippen LogP contribution is 2.29. The monoisotopic (exact) mass is 428 g/mol. The van der Waals surface area contributed by atoms with E-state index in [0.717, 1.165) is 5.56 Å². The van der Waals surface area contributed by atoms with Crippen LogP contribution in [0.1, 0.15) is 11.1 Å². The highest BCUT2D eigenvalue weighted by molar-refractivity contribution is 6.39. The summed E-state index contributed by atoms with van der Waals surface area (Å²) in [5, 5.41) is 5.90. The second-order valence-corrected chi connectivity index (χ2v) is 6.79. The zero-order valence-corrected chi connectivity index (χ0v) is 16.2. The van der Waals surface area contributed by atoms with Crippen LogP contribution in [0.15, 0.2) is 49.1 Å². The minimum absolute atomic E-state index is 0.119. The third-order valence-corrected chi connectivity index (χ3v) is 4.59. The maximum Gasteiger partial charge on any atom is 0.138 e. The van der Waals surface area contributed by atoms with Crippen LogP contribution in [0.3, 0.4) is 0 Å². The summed E-state index contributed by atoms with van der Waals surface area (Å²) < 4.78 is 1.53. The number of nitrogens with one attached hydrogen (secondary N) is 1. The molecular formula is C17H12Cl4N4O. The fourth-order valence-corrected chi connectivity index (χ4v) is 3.31. The van der Waals surface area contributed by atoms with Gasteiger partial charge in [-0.05, 0) is 18.2 Å². The summed E-state index contributed by atoms with van der Waals surface area (Å²) in [6.45, 7) is 0.119. The first-order chi connectivity index (χ1) is 12.5. The molecule has 1 heterocycles. The number of hydroxylamine groups is 1. The Balaban J connectivity index is 1.81. The van der Waals surface area contributed by atoms with Gasteiger partial charge in [0.25, 0.3) is 0 Å². The van der Waals surface area contributed by atoms with Crippen LogP contribution in [-0.4, -0.2) is 14.8 Å². The van der Waals surface area contributed by atoms with Crippen molar-refractivity contribution in [3.63, 3.8) is 0 Å². The van der Waals surface area contributed by atoms with Gasteiger partial charge in [0.05, 0.1) is 16.9 Å². The van der Waals surface area contributed by atoms with Crippen molar-refractivity contribution in [1.82, 2.24) is 20.2 Å². The van der Waals surface area contributed by atoms with Crippen molar-refractivity contribution in [2.45, 2.75) is 6.61 Å². The number of hydrogen-bond acceptors (Lipinski definition) is 4. The molecule has 26 heavy (non-hydrogen) atoms. The van der Waals surface area contributed by atoms with E-state index < -0.39 is 0 Å². The molecule has 0 fully saturated rings. The first-order valence-corrected chi connectivity index (χ1v) is 8.88. The minimum Gasteiger partial charge on any atom is -0.271 e. The van der Waals surface area contributed by atoms with Crippen LogP contribution in [0.25, 0.3) is 11.9 Å². The van der Waals surface area contributed by atoms with Crippen molar-refractivity contribution >= 4 is 58.3 Å². The Labute approximate surface area is 170 Å². The maximum absolute atomic E-state index is 6.28. The van der Waals surface area contributed by atoms with E-state index in [1.807, 2.05) is 18.2 Å². The Hall–Kier alpha value is -1.76. The van der Waals surface area contributed by atoms with E-state index in [9.17, 15) is 0 Å². The Kier molecular flexibility index (Phi) is 6.40. The van der Waals surface area contributed by atoms with Crippen molar-refractivity contribution in [2.24, 2.45) is 0 Å². The van der Waals surface area contributed by atoms with Gasteiger partial charge < -0.3 is 0 Å². The van der Waals surface area contributed by atoms with Gasteiger partial charge in [-0.15, -0.1) is 0 Å². The summed E-state index contributed by atoms with van der Waals surface area (Å²) in [4.78, 5) is 9.50. The summed E-state index contributed by atoms with van der Waals surface area (Å²) in [6.07, 6.45) is 4.67. The van der Waals surface area contributed by atoms with E-state index in [2.05, 4.69) is 15.6 Å². The van der Waals surface area contributed by atoms with Crippen molar-refractivity contribution in [3.05, 3.63) is 80.3 Å². The number of halogens is 4. The molecular weight excluding hydrogens is 418 g/mol. The lowest BCUT2D eigenvalue weighted by molar-refractivity contribution is 0.0650. The minimum atomic E-state index is 0.119. The summed E-state index contributed by atoms with van der Waals surface area (Å²) in [5.74, 6) is 0. The zero-order valence-electron chi connectivity index (χ0n) is 13.2. The van der Waals surface area contributed by atoms with E-state index in [0.29, 0.717) is 31.4 Å². The average molecular weight is 430 g/mol. The molecule has 0 unspecified atom stereocenters. The third-order valence-electron chi connectivity index (χ3n) is 3.37. The molecule has 9 heteroatoms. The normalized spacial score (nSPS) is 11.6. The molecule has 0 amide bonds. The summed E-state index contributed by atoms with van der Waals surface area (Å²) in [5.41, 5.74) is 4.81. The fraction of sp³-hybridized carbons (Fsp3) is 0.0588. The molecule has 0 bridgehead atoms. The summed E-state index contributed by atoms with van der Waals surface area (Å²) in [7, 11) is 0. The molecule has 3 rings (SSSR count). The van der Waals surface area contributed by atoms with E-state index >= 15 is 0 Å². The van der Waals surface area contributed by atoms with Gasteiger partial charge in [0.1, 0.15) is 19.3 Å². The van der Waals surface area contributed by atoms with Crippen LogP contribution in [0, 0.1) is 0 Å². The van der Waals surface area contributed by atoms with Crippen molar-refractivity contribution < 1.29 is 4.84 Å². The number of nitrogens with zero attached hydrogens (tertiary/aromatic N) is 3. The summed E-state index contributed by atoms with van der Waals surface area (Å²) >= 11 is 24.5. The Bertz CT molecular complexity index is 905. The molecule has 1 N–H and O–H groups in total. The standard InChI is InChI=1S/C17H12Cl4N4O/c18-11-5-15(20)13(16(21)6-11)8-26-24-17(7-25-10-22-9-23-25)12-3-1-2-4-14(12)19/h1-7,9-10,24H,8H2. The smallest absolute Gasteiger partial charge is 0.138 e. The molecule has 0 saturated carbocycles. The summed E-state index contributed by atoms with van der Waals surface area (Å²) in [6, 6.07) is 10.5. The Morgan fingerprint density at radius 3 is 2.46 bits per heavy atom. The molecule has 0 saturated heterocycles. The van der Waals surface area contributed by atoms with Crippen LogP contribution < -0.4 is 5.48 Å². The molecule has 0 atom stereocenters. The van der Waals surface area contributed by atoms with E-state index in [4.69, 9.17) is 51.2 Å². The zero-order chi connectivity index (χ0) is 18.5. The molecule has 1 aromatic heterocycles. The van der Waals surface area contributed by atoms with Gasteiger partial charge in [-0.1, -0.05) is 64.6 Å². The molecule has 0 spiro atoms. The first kappa shape index (κ1) is 19.0. The third kappa shape index (κ3) is 4.69. The van der Waals surface area contributed by atoms with Gasteiger partial charge >= 0.3 is 0 Å². The number of rotatable bonds is 6.